The maximum atomic E-state index is 4.85. The van der Waals surface area contributed by atoms with Gasteiger partial charge in [-0.1, -0.05) is 6.08 Å². The van der Waals surface area contributed by atoms with E-state index in [2.05, 4.69) is 11.5 Å². The highest BCUT2D eigenvalue weighted by Crippen LogP contribution is 1.96. The summed E-state index contributed by atoms with van der Waals surface area (Å²) in [5.74, 6) is 0.760. The normalized spacial score (nSPS) is 16.9. The van der Waals surface area contributed by atoms with Gasteiger partial charge in [-0.05, 0) is 6.08 Å². The van der Waals surface area contributed by atoms with Crippen molar-refractivity contribution in [3.8, 4) is 0 Å². The number of rotatable bonds is 1. The van der Waals surface area contributed by atoms with Crippen LogP contribution < -0.4 is 5.32 Å². The zero-order valence-corrected chi connectivity index (χ0v) is 4.77. The summed E-state index contributed by atoms with van der Waals surface area (Å²) in [5.41, 5.74) is 0. The van der Waals surface area contributed by atoms with Gasteiger partial charge in [-0.2, -0.15) is 0 Å². The summed E-state index contributed by atoms with van der Waals surface area (Å²) >= 11 is 0. The summed E-state index contributed by atoms with van der Waals surface area (Å²) in [6.07, 6.45) is 6.69. The van der Waals surface area contributed by atoms with Crippen LogP contribution in [0.4, 0.5) is 0 Å². The first-order chi connectivity index (χ1) is 3.93. The Morgan fingerprint density at radius 3 is 3.12 bits per heavy atom. The second kappa shape index (κ2) is 2.40. The third-order valence-corrected chi connectivity index (χ3v) is 0.921. The smallest absolute Gasteiger partial charge is 0.143 e. The number of hydrogen-bond donors (Lipinski definition) is 1. The molecule has 0 aliphatic carbocycles. The Kier molecular flexibility index (Phi) is 1.57. The largest absolute Gasteiger partial charge is 0.495 e. The Morgan fingerprint density at radius 1 is 1.88 bits per heavy atom. The minimum absolute atomic E-state index is 0.760. The second-order valence-corrected chi connectivity index (χ2v) is 1.48. The molecule has 0 amide bonds. The monoisotopic (exact) mass is 110 g/mol. The molecule has 0 bridgehead atoms. The highest BCUT2D eigenvalue weighted by atomic mass is 16.5. The summed E-state index contributed by atoms with van der Waals surface area (Å²) < 4.78 is 4.85. The molecule has 0 aromatic carbocycles. The molecule has 2 nitrogen and oxygen atoms in total. The van der Waals surface area contributed by atoms with Crippen molar-refractivity contribution in [2.24, 2.45) is 0 Å². The average Bonchev–Trinajstić information content (AvgIpc) is 1.90. The molecule has 0 fully saturated rings. The number of hydrogen-bond acceptors (Lipinski definition) is 2. The third-order valence-electron chi connectivity index (χ3n) is 0.921. The van der Waals surface area contributed by atoms with Gasteiger partial charge in [-0.25, -0.2) is 0 Å². The zero-order chi connectivity index (χ0) is 5.82. The van der Waals surface area contributed by atoms with Gasteiger partial charge in [0.2, 0.25) is 0 Å². The van der Waals surface area contributed by atoms with Gasteiger partial charge < -0.3 is 10.1 Å². The third kappa shape index (κ3) is 1.03. The molecule has 1 heterocycles. The number of methoxy groups -OCH3 is 1. The van der Waals surface area contributed by atoms with Crippen LogP contribution in [0, 0.1) is 6.20 Å². The van der Waals surface area contributed by atoms with Gasteiger partial charge in [0.05, 0.1) is 7.11 Å². The average molecular weight is 110 g/mol. The molecule has 1 radical (unpaired) electrons. The minimum atomic E-state index is 0.760. The summed E-state index contributed by atoms with van der Waals surface area (Å²) in [7, 11) is 1.62. The molecule has 43 valence electrons. The Bertz CT molecular complexity index is 126. The fraction of sp³-hybridized carbons (Fsp3) is 0.333. The Balaban J connectivity index is 2.51. The molecule has 1 N–H and O–H groups in total. The number of allylic oxidation sites excluding steroid dienone is 1. The molecular weight excluding hydrogens is 102 g/mol. The van der Waals surface area contributed by atoms with Crippen LogP contribution in [0.1, 0.15) is 0 Å². The predicted octanol–water partition coefficient (Wildman–Crippen LogP) is 0.437. The van der Waals surface area contributed by atoms with E-state index in [0.29, 0.717) is 0 Å². The van der Waals surface area contributed by atoms with E-state index in [1.165, 1.54) is 0 Å². The Labute approximate surface area is 48.8 Å². The number of dihydropyridines is 1. The fourth-order valence-electron chi connectivity index (χ4n) is 0.524. The van der Waals surface area contributed by atoms with E-state index in [-0.39, 0.29) is 0 Å². The summed E-state index contributed by atoms with van der Waals surface area (Å²) in [6.45, 7) is 0.854. The lowest BCUT2D eigenvalue weighted by Crippen LogP contribution is -2.10. The van der Waals surface area contributed by atoms with Crippen LogP contribution in [0.15, 0.2) is 17.9 Å². The first-order valence-electron chi connectivity index (χ1n) is 2.50. The maximum absolute atomic E-state index is 4.85. The maximum Gasteiger partial charge on any atom is 0.143 e. The van der Waals surface area contributed by atoms with Crippen molar-refractivity contribution < 1.29 is 4.74 Å². The minimum Gasteiger partial charge on any atom is -0.495 e. The molecular formula is C6H8NO. The highest BCUT2D eigenvalue weighted by molar-refractivity contribution is 5.11. The van der Waals surface area contributed by atoms with Crippen molar-refractivity contribution in [1.82, 2.24) is 5.32 Å². The van der Waals surface area contributed by atoms with E-state index in [9.17, 15) is 0 Å². The van der Waals surface area contributed by atoms with E-state index in [1.54, 1.807) is 7.11 Å². The van der Waals surface area contributed by atoms with Crippen molar-refractivity contribution >= 4 is 0 Å². The lowest BCUT2D eigenvalue weighted by atomic mass is 10.4. The zero-order valence-electron chi connectivity index (χ0n) is 4.77. The van der Waals surface area contributed by atoms with Crippen LogP contribution in [0.3, 0.4) is 0 Å². The van der Waals surface area contributed by atoms with Crippen LogP contribution in [0.5, 0.6) is 0 Å². The quantitative estimate of drug-likeness (QED) is 0.528. The van der Waals surface area contributed by atoms with Crippen LogP contribution in [0.25, 0.3) is 0 Å². The molecule has 2 heteroatoms. The molecule has 0 spiro atoms. The van der Waals surface area contributed by atoms with Gasteiger partial charge in [-0.15, -0.1) is 0 Å². The van der Waals surface area contributed by atoms with E-state index < -0.39 is 0 Å². The predicted molar refractivity (Wildman–Crippen MR) is 30.9 cm³/mol. The first-order valence-corrected chi connectivity index (χ1v) is 2.50. The Morgan fingerprint density at radius 2 is 2.75 bits per heavy atom. The van der Waals surface area contributed by atoms with Gasteiger partial charge in [-0.3, -0.25) is 0 Å². The molecule has 8 heavy (non-hydrogen) atoms. The van der Waals surface area contributed by atoms with Crippen LogP contribution in [0.2, 0.25) is 0 Å². The summed E-state index contributed by atoms with van der Waals surface area (Å²) in [6, 6.07) is 0. The number of nitrogens with one attached hydrogen (secondary N) is 1. The van der Waals surface area contributed by atoms with Gasteiger partial charge in [0, 0.05) is 6.54 Å². The van der Waals surface area contributed by atoms with E-state index >= 15 is 0 Å². The van der Waals surface area contributed by atoms with Gasteiger partial charge in [0.15, 0.2) is 0 Å². The fourth-order valence-corrected chi connectivity index (χ4v) is 0.524. The number of ether oxygens (including phenoxy) is 1. The Hall–Kier alpha value is -0.920. The van der Waals surface area contributed by atoms with Crippen LogP contribution in [-0.2, 0) is 4.74 Å². The van der Waals surface area contributed by atoms with Crippen molar-refractivity contribution in [2.75, 3.05) is 13.7 Å². The van der Waals surface area contributed by atoms with E-state index in [1.807, 2.05) is 12.2 Å². The summed E-state index contributed by atoms with van der Waals surface area (Å²) in [5, 5.41) is 2.89. The molecule has 0 unspecified atom stereocenters. The van der Waals surface area contributed by atoms with Gasteiger partial charge in [0.25, 0.3) is 0 Å². The van der Waals surface area contributed by atoms with Gasteiger partial charge >= 0.3 is 0 Å². The molecule has 0 aromatic rings. The molecule has 0 aromatic heterocycles. The van der Waals surface area contributed by atoms with Crippen molar-refractivity contribution in [3.05, 3.63) is 24.1 Å². The van der Waals surface area contributed by atoms with Crippen molar-refractivity contribution in [2.45, 2.75) is 0 Å². The molecule has 1 aliphatic heterocycles. The molecule has 1 aliphatic rings. The van der Waals surface area contributed by atoms with E-state index in [4.69, 9.17) is 4.74 Å². The van der Waals surface area contributed by atoms with Crippen LogP contribution >= 0.6 is 0 Å². The van der Waals surface area contributed by atoms with Crippen LogP contribution in [-0.4, -0.2) is 13.7 Å². The lowest BCUT2D eigenvalue weighted by Gasteiger charge is -2.04. The SMILES string of the molecule is COC1=[C]NCC=C1. The summed E-state index contributed by atoms with van der Waals surface area (Å²) in [4.78, 5) is 0. The molecule has 1 rings (SSSR count). The first kappa shape index (κ1) is 5.22. The molecule has 0 saturated carbocycles. The second-order valence-electron chi connectivity index (χ2n) is 1.48. The standard InChI is InChI=1S/C6H8NO/c1-8-6-3-2-4-7-5-6/h2-3,7H,4H2,1H3. The van der Waals surface area contributed by atoms with Gasteiger partial charge in [0.1, 0.15) is 12.0 Å². The van der Waals surface area contributed by atoms with E-state index in [0.717, 1.165) is 12.3 Å². The topological polar surface area (TPSA) is 21.3 Å². The highest BCUT2D eigenvalue weighted by Gasteiger charge is 1.92. The lowest BCUT2D eigenvalue weighted by molar-refractivity contribution is 0.300. The molecule has 0 saturated heterocycles. The van der Waals surface area contributed by atoms with Crippen molar-refractivity contribution in [1.29, 1.82) is 0 Å². The molecule has 0 atom stereocenters. The van der Waals surface area contributed by atoms with Crippen molar-refractivity contribution in [3.63, 3.8) is 0 Å².